The molecule has 1 fully saturated rings. The summed E-state index contributed by atoms with van der Waals surface area (Å²) in [5, 5.41) is 0.835. The quantitative estimate of drug-likeness (QED) is 0.225. The lowest BCUT2D eigenvalue weighted by atomic mass is 9.68. The predicted octanol–water partition coefficient (Wildman–Crippen LogP) is 6.94. The molecular formula is C28H32N2OS. The molecule has 1 saturated carbocycles. The molecule has 0 N–H and O–H groups in total. The lowest BCUT2D eigenvalue weighted by Gasteiger charge is -2.36. The number of unbranched alkanes of at least 4 members (excludes halogenated alkanes) is 3. The summed E-state index contributed by atoms with van der Waals surface area (Å²) in [6.07, 6.45) is 10.4. The summed E-state index contributed by atoms with van der Waals surface area (Å²) in [4.78, 5) is 19.5. The Morgan fingerprint density at radius 3 is 2.50 bits per heavy atom. The molecule has 1 spiro atoms. The number of fused-ring (bicyclic) bond motifs is 4. The van der Waals surface area contributed by atoms with Crippen molar-refractivity contribution in [2.24, 2.45) is 0 Å². The summed E-state index contributed by atoms with van der Waals surface area (Å²) >= 11 is 1.74. The van der Waals surface area contributed by atoms with E-state index in [0.717, 1.165) is 59.1 Å². The highest BCUT2D eigenvalue weighted by Crippen LogP contribution is 2.50. The van der Waals surface area contributed by atoms with Gasteiger partial charge in [0.05, 0.1) is 16.9 Å². The van der Waals surface area contributed by atoms with Gasteiger partial charge in [0.25, 0.3) is 5.56 Å². The molecular weight excluding hydrogens is 412 g/mol. The first-order valence-electron chi connectivity index (χ1n) is 12.2. The smallest absolute Gasteiger partial charge is 0.263 e. The number of nitrogens with zero attached hydrogens (tertiary/aromatic N) is 2. The van der Waals surface area contributed by atoms with Gasteiger partial charge in [-0.1, -0.05) is 93.3 Å². The van der Waals surface area contributed by atoms with Crippen molar-refractivity contribution < 1.29 is 0 Å². The van der Waals surface area contributed by atoms with E-state index in [9.17, 15) is 4.79 Å². The third-order valence-corrected chi connectivity index (χ3v) is 8.21. The van der Waals surface area contributed by atoms with E-state index in [1.807, 2.05) is 34.9 Å². The molecule has 1 aromatic heterocycles. The molecule has 3 aromatic rings. The van der Waals surface area contributed by atoms with Crippen molar-refractivity contribution in [2.45, 2.75) is 75.3 Å². The second-order valence-electron chi connectivity index (χ2n) is 9.32. The van der Waals surface area contributed by atoms with Crippen LogP contribution in [0, 0.1) is 0 Å². The van der Waals surface area contributed by atoms with Crippen molar-refractivity contribution in [3.8, 4) is 16.9 Å². The summed E-state index contributed by atoms with van der Waals surface area (Å²) in [6.45, 7) is 2.24. The van der Waals surface area contributed by atoms with Crippen LogP contribution in [0.3, 0.4) is 0 Å². The van der Waals surface area contributed by atoms with E-state index < -0.39 is 0 Å². The summed E-state index contributed by atoms with van der Waals surface area (Å²) in [6, 6.07) is 18.7. The number of thioether (sulfide) groups is 1. The second-order valence-corrected chi connectivity index (χ2v) is 10.4. The third kappa shape index (κ3) is 3.83. The van der Waals surface area contributed by atoms with Crippen LogP contribution >= 0.6 is 11.8 Å². The van der Waals surface area contributed by atoms with E-state index in [-0.39, 0.29) is 11.0 Å². The molecule has 2 aromatic carbocycles. The third-order valence-electron chi connectivity index (χ3n) is 7.19. The largest absolute Gasteiger partial charge is 0.268 e. The van der Waals surface area contributed by atoms with Crippen LogP contribution in [0.15, 0.2) is 64.5 Å². The molecule has 0 radical (unpaired) electrons. The van der Waals surface area contributed by atoms with E-state index in [1.165, 1.54) is 37.7 Å². The number of rotatable bonds is 7. The molecule has 0 atom stereocenters. The molecule has 166 valence electrons. The van der Waals surface area contributed by atoms with E-state index in [0.29, 0.717) is 0 Å². The average Bonchev–Trinajstić information content (AvgIpc) is 3.28. The zero-order valence-corrected chi connectivity index (χ0v) is 19.8. The number of benzene rings is 2. The maximum Gasteiger partial charge on any atom is 0.263 e. The molecule has 0 aliphatic heterocycles. The molecule has 0 unspecified atom stereocenters. The predicted molar refractivity (Wildman–Crippen MR) is 134 cm³/mol. The average molecular weight is 445 g/mol. The molecule has 0 amide bonds. The van der Waals surface area contributed by atoms with Crippen LogP contribution in [-0.4, -0.2) is 15.3 Å². The molecule has 5 rings (SSSR count). The summed E-state index contributed by atoms with van der Waals surface area (Å²) in [5.41, 5.74) is 5.43. The molecule has 2 aliphatic carbocycles. The first-order valence-corrected chi connectivity index (χ1v) is 13.2. The van der Waals surface area contributed by atoms with Gasteiger partial charge in [0.15, 0.2) is 5.16 Å². The van der Waals surface area contributed by atoms with Gasteiger partial charge < -0.3 is 0 Å². The standard InChI is InChI=1S/C28H32N2OS/c1-2-3-4-12-19-32-27-29-25-23-16-9-8-13-21(23)20-28(17-10-11-18-28)24(25)26(31)30(27)22-14-6-5-7-15-22/h5-9,13-16H,2-4,10-12,17-20H2,1H3. The first-order chi connectivity index (χ1) is 15.7. The van der Waals surface area contributed by atoms with Gasteiger partial charge in [-0.15, -0.1) is 0 Å². The summed E-state index contributed by atoms with van der Waals surface area (Å²) in [5.74, 6) is 0.991. The zero-order valence-electron chi connectivity index (χ0n) is 19.0. The fraction of sp³-hybridized carbons (Fsp3) is 0.429. The van der Waals surface area contributed by atoms with Crippen LogP contribution in [0.25, 0.3) is 16.9 Å². The van der Waals surface area contributed by atoms with Crippen molar-refractivity contribution in [3.63, 3.8) is 0 Å². The maximum absolute atomic E-state index is 14.3. The monoisotopic (exact) mass is 444 g/mol. The van der Waals surface area contributed by atoms with Crippen molar-refractivity contribution in [1.82, 2.24) is 9.55 Å². The lowest BCUT2D eigenvalue weighted by molar-refractivity contribution is 0.422. The molecule has 3 nitrogen and oxygen atoms in total. The Morgan fingerprint density at radius 1 is 0.969 bits per heavy atom. The van der Waals surface area contributed by atoms with Crippen LogP contribution in [0.2, 0.25) is 0 Å². The van der Waals surface area contributed by atoms with E-state index in [1.54, 1.807) is 11.8 Å². The normalized spacial score (nSPS) is 16.2. The highest BCUT2D eigenvalue weighted by molar-refractivity contribution is 7.99. The van der Waals surface area contributed by atoms with Crippen molar-refractivity contribution in [3.05, 3.63) is 76.1 Å². The Labute approximate surface area is 195 Å². The number of hydrogen-bond acceptors (Lipinski definition) is 3. The second kappa shape index (κ2) is 9.27. The topological polar surface area (TPSA) is 34.9 Å². The van der Waals surface area contributed by atoms with Gasteiger partial charge in [0.1, 0.15) is 0 Å². The molecule has 0 bridgehead atoms. The van der Waals surface area contributed by atoms with Gasteiger partial charge >= 0.3 is 0 Å². The highest BCUT2D eigenvalue weighted by Gasteiger charge is 2.44. The Morgan fingerprint density at radius 2 is 1.72 bits per heavy atom. The Bertz CT molecular complexity index is 1150. The van der Waals surface area contributed by atoms with Crippen LogP contribution < -0.4 is 5.56 Å². The van der Waals surface area contributed by atoms with Crippen LogP contribution in [-0.2, 0) is 11.8 Å². The summed E-state index contributed by atoms with van der Waals surface area (Å²) in [7, 11) is 0. The van der Waals surface area contributed by atoms with Gasteiger partial charge in [-0.05, 0) is 43.4 Å². The first kappa shape index (κ1) is 21.5. The SMILES string of the molecule is CCCCCCSc1nc2c(c(=O)n1-c1ccccc1)C1(CCCC1)Cc1ccccc1-2. The fourth-order valence-corrected chi connectivity index (χ4v) is 6.61. The fourth-order valence-electron chi connectivity index (χ4n) is 5.61. The number of hydrogen-bond donors (Lipinski definition) is 0. The minimum absolute atomic E-state index is 0.0609. The Hall–Kier alpha value is -2.33. The van der Waals surface area contributed by atoms with E-state index >= 15 is 0 Å². The van der Waals surface area contributed by atoms with Crippen molar-refractivity contribution in [1.29, 1.82) is 0 Å². The highest BCUT2D eigenvalue weighted by atomic mass is 32.2. The maximum atomic E-state index is 14.3. The van der Waals surface area contributed by atoms with E-state index in [2.05, 4.69) is 31.2 Å². The van der Waals surface area contributed by atoms with Gasteiger partial charge in [-0.25, -0.2) is 4.98 Å². The zero-order chi connectivity index (χ0) is 22.0. The van der Waals surface area contributed by atoms with Gasteiger partial charge in [0.2, 0.25) is 0 Å². The summed E-state index contributed by atoms with van der Waals surface area (Å²) < 4.78 is 1.90. The molecule has 4 heteroatoms. The Balaban J connectivity index is 1.68. The van der Waals surface area contributed by atoms with Gasteiger partial charge in [-0.2, -0.15) is 0 Å². The molecule has 0 saturated heterocycles. The van der Waals surface area contributed by atoms with Crippen LogP contribution in [0.4, 0.5) is 0 Å². The van der Waals surface area contributed by atoms with Gasteiger partial charge in [0, 0.05) is 16.7 Å². The Kier molecular flexibility index (Phi) is 6.23. The minimum Gasteiger partial charge on any atom is -0.268 e. The number of aromatic nitrogens is 2. The lowest BCUT2D eigenvalue weighted by Crippen LogP contribution is -2.40. The molecule has 2 aliphatic rings. The molecule has 32 heavy (non-hydrogen) atoms. The number of para-hydroxylation sites is 1. The van der Waals surface area contributed by atoms with Gasteiger partial charge in [-0.3, -0.25) is 9.36 Å². The van der Waals surface area contributed by atoms with Crippen LogP contribution in [0.1, 0.15) is 69.4 Å². The minimum atomic E-state index is -0.0609. The van der Waals surface area contributed by atoms with Crippen molar-refractivity contribution >= 4 is 11.8 Å². The van der Waals surface area contributed by atoms with Crippen molar-refractivity contribution in [2.75, 3.05) is 5.75 Å². The van der Waals surface area contributed by atoms with Crippen LogP contribution in [0.5, 0.6) is 0 Å². The molecule has 1 heterocycles. The van der Waals surface area contributed by atoms with E-state index in [4.69, 9.17) is 4.98 Å².